The van der Waals surface area contributed by atoms with Gasteiger partial charge in [0.2, 0.25) is 0 Å². The minimum atomic E-state index is -4.83. The van der Waals surface area contributed by atoms with Crippen molar-refractivity contribution in [2.24, 2.45) is 0 Å². The SMILES string of the molecule is Cc1nc(C(F)(F)F)oc1S(=O)(=O)Cl. The maximum atomic E-state index is 12.0. The number of hydrogen-bond acceptors (Lipinski definition) is 4. The Morgan fingerprint density at radius 2 is 1.93 bits per heavy atom. The standard InChI is InChI=1S/C5H3ClF3NO3S/c1-2-3(14(6,11)12)13-4(10-2)5(7,8)9/h1H3. The van der Waals surface area contributed by atoms with Gasteiger partial charge in [0.05, 0.1) is 5.69 Å². The van der Waals surface area contributed by atoms with Crippen LogP contribution in [-0.4, -0.2) is 13.4 Å². The number of aromatic nitrogens is 1. The molecule has 9 heteroatoms. The molecule has 0 aliphatic rings. The molecule has 0 saturated heterocycles. The van der Waals surface area contributed by atoms with Crippen molar-refractivity contribution in [2.45, 2.75) is 18.2 Å². The number of hydrogen-bond donors (Lipinski definition) is 0. The second kappa shape index (κ2) is 3.13. The first kappa shape index (κ1) is 11.3. The van der Waals surface area contributed by atoms with Gasteiger partial charge >= 0.3 is 12.1 Å². The Bertz CT molecular complexity index is 449. The van der Waals surface area contributed by atoms with Crippen LogP contribution in [0.5, 0.6) is 0 Å². The zero-order valence-corrected chi connectivity index (χ0v) is 8.16. The Morgan fingerprint density at radius 3 is 2.14 bits per heavy atom. The van der Waals surface area contributed by atoms with Gasteiger partial charge in [-0.3, -0.25) is 0 Å². The number of aryl methyl sites for hydroxylation is 1. The molecule has 0 aromatic carbocycles. The lowest BCUT2D eigenvalue weighted by Crippen LogP contribution is -2.04. The molecule has 14 heavy (non-hydrogen) atoms. The highest BCUT2D eigenvalue weighted by Crippen LogP contribution is 2.32. The highest BCUT2D eigenvalue weighted by molar-refractivity contribution is 8.13. The van der Waals surface area contributed by atoms with Crippen LogP contribution in [0, 0.1) is 6.92 Å². The van der Waals surface area contributed by atoms with Crippen molar-refractivity contribution < 1.29 is 26.0 Å². The quantitative estimate of drug-likeness (QED) is 0.714. The second-order valence-corrected chi connectivity index (χ2v) is 4.79. The average molecular weight is 250 g/mol. The molecule has 4 nitrogen and oxygen atoms in total. The molecule has 80 valence electrons. The molecule has 0 atom stereocenters. The molecular weight excluding hydrogens is 247 g/mol. The number of nitrogens with zero attached hydrogens (tertiary/aromatic N) is 1. The summed E-state index contributed by atoms with van der Waals surface area (Å²) in [6.45, 7) is 1.05. The first-order valence-corrected chi connectivity index (χ1v) is 5.42. The molecule has 1 rings (SSSR count). The van der Waals surface area contributed by atoms with E-state index in [1.807, 2.05) is 0 Å². The molecule has 0 N–H and O–H groups in total. The van der Waals surface area contributed by atoms with Crippen LogP contribution < -0.4 is 0 Å². The summed E-state index contributed by atoms with van der Waals surface area (Å²) in [7, 11) is 0.468. The Labute approximate surface area is 81.1 Å². The molecule has 0 aliphatic heterocycles. The van der Waals surface area contributed by atoms with E-state index in [2.05, 4.69) is 9.40 Å². The van der Waals surface area contributed by atoms with Gasteiger partial charge in [-0.05, 0) is 6.92 Å². The normalized spacial score (nSPS) is 13.2. The molecule has 0 aliphatic carbocycles. The van der Waals surface area contributed by atoms with Gasteiger partial charge in [0.15, 0.2) is 0 Å². The summed E-state index contributed by atoms with van der Waals surface area (Å²) in [5.41, 5.74) is -0.424. The van der Waals surface area contributed by atoms with Gasteiger partial charge in [0, 0.05) is 10.7 Å². The third-order valence-electron chi connectivity index (χ3n) is 1.22. The lowest BCUT2D eigenvalue weighted by molar-refractivity contribution is -0.158. The summed E-state index contributed by atoms with van der Waals surface area (Å²) in [4.78, 5) is 2.89. The molecule has 0 amide bonds. The van der Waals surface area contributed by atoms with Crippen LogP contribution in [0.1, 0.15) is 11.6 Å². The van der Waals surface area contributed by atoms with Crippen LogP contribution in [0.2, 0.25) is 0 Å². The van der Waals surface area contributed by atoms with Gasteiger partial charge in [0.25, 0.3) is 14.1 Å². The van der Waals surface area contributed by atoms with Gasteiger partial charge in [-0.1, -0.05) is 0 Å². The Morgan fingerprint density at radius 1 is 1.43 bits per heavy atom. The summed E-state index contributed by atoms with van der Waals surface area (Å²) in [6.07, 6.45) is -4.83. The van der Waals surface area contributed by atoms with E-state index in [1.165, 1.54) is 0 Å². The van der Waals surface area contributed by atoms with Gasteiger partial charge in [-0.2, -0.15) is 13.2 Å². The zero-order chi connectivity index (χ0) is 11.1. The maximum absolute atomic E-state index is 12.0. The number of oxazole rings is 1. The van der Waals surface area contributed by atoms with E-state index in [9.17, 15) is 21.6 Å². The second-order valence-electron chi connectivity index (χ2n) is 2.33. The highest BCUT2D eigenvalue weighted by Gasteiger charge is 2.39. The van der Waals surface area contributed by atoms with Crippen LogP contribution in [0.3, 0.4) is 0 Å². The van der Waals surface area contributed by atoms with Crippen LogP contribution in [0.4, 0.5) is 13.2 Å². The molecule has 0 saturated carbocycles. The van der Waals surface area contributed by atoms with E-state index >= 15 is 0 Å². The summed E-state index contributed by atoms with van der Waals surface area (Å²) >= 11 is 0. The molecule has 1 aromatic heterocycles. The zero-order valence-electron chi connectivity index (χ0n) is 6.59. The van der Waals surface area contributed by atoms with Gasteiger partial charge in [-0.25, -0.2) is 13.4 Å². The molecule has 1 heterocycles. The molecule has 0 spiro atoms. The summed E-state index contributed by atoms with van der Waals surface area (Å²) in [5, 5.41) is -0.980. The minimum Gasteiger partial charge on any atom is -0.419 e. The van der Waals surface area contributed by atoms with Crippen molar-refractivity contribution in [2.75, 3.05) is 0 Å². The molecule has 0 unspecified atom stereocenters. The van der Waals surface area contributed by atoms with E-state index in [1.54, 1.807) is 0 Å². The number of rotatable bonds is 1. The fourth-order valence-electron chi connectivity index (χ4n) is 0.730. The van der Waals surface area contributed by atoms with Crippen molar-refractivity contribution in [3.05, 3.63) is 11.6 Å². The molecule has 1 aromatic rings. The van der Waals surface area contributed by atoms with Gasteiger partial charge in [0.1, 0.15) is 0 Å². The smallest absolute Gasteiger partial charge is 0.419 e. The predicted molar refractivity (Wildman–Crippen MR) is 39.3 cm³/mol. The van der Waals surface area contributed by atoms with E-state index in [-0.39, 0.29) is 0 Å². The minimum absolute atomic E-state index is 0.424. The Hall–Kier alpha value is -0.760. The van der Waals surface area contributed by atoms with Crippen molar-refractivity contribution in [1.82, 2.24) is 4.98 Å². The molecular formula is C5H3ClF3NO3S. The first-order chi connectivity index (χ1) is 6.12. The van der Waals surface area contributed by atoms with Crippen molar-refractivity contribution in [3.63, 3.8) is 0 Å². The van der Waals surface area contributed by atoms with Gasteiger partial charge in [-0.15, -0.1) is 0 Å². The summed E-state index contributed by atoms with van der Waals surface area (Å²) < 4.78 is 61.2. The van der Waals surface area contributed by atoms with E-state index in [4.69, 9.17) is 10.7 Å². The molecule has 0 bridgehead atoms. The van der Waals surface area contributed by atoms with Gasteiger partial charge < -0.3 is 4.42 Å². The van der Waals surface area contributed by atoms with Crippen LogP contribution in [-0.2, 0) is 15.2 Å². The average Bonchev–Trinajstić information content (AvgIpc) is 2.27. The topological polar surface area (TPSA) is 60.2 Å². The van der Waals surface area contributed by atoms with Crippen molar-refractivity contribution >= 4 is 19.7 Å². The van der Waals surface area contributed by atoms with Crippen LogP contribution in [0.15, 0.2) is 9.51 Å². The van der Waals surface area contributed by atoms with Crippen molar-refractivity contribution in [1.29, 1.82) is 0 Å². The van der Waals surface area contributed by atoms with Crippen LogP contribution in [0.25, 0.3) is 0 Å². The predicted octanol–water partition coefficient (Wildman–Crippen LogP) is 1.93. The molecule has 0 radical (unpaired) electrons. The van der Waals surface area contributed by atoms with Crippen LogP contribution >= 0.6 is 10.7 Å². The monoisotopic (exact) mass is 249 g/mol. The largest absolute Gasteiger partial charge is 0.468 e. The van der Waals surface area contributed by atoms with E-state index < -0.39 is 31.9 Å². The molecule has 0 fully saturated rings. The third kappa shape index (κ3) is 2.18. The fourth-order valence-corrected chi connectivity index (χ4v) is 1.74. The summed E-state index contributed by atoms with van der Waals surface area (Å²) in [5.74, 6) is -1.63. The fraction of sp³-hybridized carbons (Fsp3) is 0.400. The Balaban J connectivity index is 3.33. The first-order valence-electron chi connectivity index (χ1n) is 3.11. The maximum Gasteiger partial charge on any atom is 0.468 e. The van der Waals surface area contributed by atoms with E-state index in [0.29, 0.717) is 0 Å². The summed E-state index contributed by atoms with van der Waals surface area (Å²) in [6, 6.07) is 0. The lowest BCUT2D eigenvalue weighted by Gasteiger charge is -1.97. The van der Waals surface area contributed by atoms with Crippen molar-refractivity contribution in [3.8, 4) is 0 Å². The number of alkyl halides is 3. The lowest BCUT2D eigenvalue weighted by atomic mass is 10.6. The third-order valence-corrected chi connectivity index (χ3v) is 2.46. The van der Waals surface area contributed by atoms with E-state index in [0.717, 1.165) is 6.92 Å². The Kier molecular flexibility index (Phi) is 2.53. The highest BCUT2D eigenvalue weighted by atomic mass is 35.7. The number of halogens is 4.